The van der Waals surface area contributed by atoms with Crippen LogP contribution in [0, 0.1) is 0 Å². The van der Waals surface area contributed by atoms with Gasteiger partial charge in [-0.15, -0.1) is 0 Å². The molecule has 3 unspecified atom stereocenters. The number of nitrogens with zero attached hydrogens (tertiary/aromatic N) is 2. The van der Waals surface area contributed by atoms with Crippen LogP contribution in [-0.4, -0.2) is 41.6 Å². The van der Waals surface area contributed by atoms with Crippen molar-refractivity contribution in [2.75, 3.05) is 19.5 Å². The average Bonchev–Trinajstić information content (AvgIpc) is 3.22. The quantitative estimate of drug-likeness (QED) is 0.153. The molecule has 0 spiro atoms. The molecule has 11 heteroatoms. The number of ether oxygens (including phenoxy) is 2. The third-order valence-corrected chi connectivity index (χ3v) is 8.05. The molecule has 2 heterocycles. The van der Waals surface area contributed by atoms with Crippen LogP contribution >= 0.6 is 7.82 Å². The van der Waals surface area contributed by atoms with Crippen molar-refractivity contribution in [3.63, 3.8) is 0 Å². The van der Waals surface area contributed by atoms with Crippen LogP contribution in [0.25, 0.3) is 0 Å². The summed E-state index contributed by atoms with van der Waals surface area (Å²) in [4.78, 5) is 28.4. The van der Waals surface area contributed by atoms with E-state index in [0.29, 0.717) is 13.0 Å². The van der Waals surface area contributed by atoms with Crippen molar-refractivity contribution in [2.24, 2.45) is 0 Å². The SMILES string of the molecule is CCCCCCCCCCCCCCCCOC1C(OP(=O)([O-])OC)[C@@H](CC)O[C@H]1n1ccc(N)nc1=O. The highest BCUT2D eigenvalue weighted by Gasteiger charge is 2.48. The van der Waals surface area contributed by atoms with Gasteiger partial charge in [-0.05, 0) is 18.9 Å². The second-order valence-electron chi connectivity index (χ2n) is 10.1. The largest absolute Gasteiger partial charge is 0.756 e. The number of hydrogen-bond donors (Lipinski definition) is 1. The lowest BCUT2D eigenvalue weighted by molar-refractivity contribution is -0.231. The fourth-order valence-electron chi connectivity index (χ4n) is 4.89. The van der Waals surface area contributed by atoms with Gasteiger partial charge < -0.3 is 29.1 Å². The molecule has 1 aliphatic rings. The summed E-state index contributed by atoms with van der Waals surface area (Å²) in [5.74, 6) is 0.0902. The average molecular weight is 559 g/mol. The highest BCUT2D eigenvalue weighted by molar-refractivity contribution is 7.45. The minimum Gasteiger partial charge on any atom is -0.756 e. The van der Waals surface area contributed by atoms with Gasteiger partial charge in [0.25, 0.3) is 7.82 Å². The first-order chi connectivity index (χ1) is 18.3. The molecule has 0 amide bonds. The van der Waals surface area contributed by atoms with Gasteiger partial charge in [-0.3, -0.25) is 9.13 Å². The third kappa shape index (κ3) is 11.4. The van der Waals surface area contributed by atoms with Gasteiger partial charge in [-0.1, -0.05) is 97.3 Å². The van der Waals surface area contributed by atoms with E-state index in [2.05, 4.69) is 16.4 Å². The maximum absolute atomic E-state index is 12.5. The number of rotatable bonds is 21. The number of anilines is 1. The van der Waals surface area contributed by atoms with E-state index in [1.54, 1.807) is 0 Å². The molecule has 220 valence electrons. The lowest BCUT2D eigenvalue weighted by Gasteiger charge is -2.30. The Morgan fingerprint density at radius 1 is 0.974 bits per heavy atom. The molecule has 38 heavy (non-hydrogen) atoms. The summed E-state index contributed by atoms with van der Waals surface area (Å²) in [5.41, 5.74) is 5.02. The standard InChI is InChI=1S/C27H50N3O7P/c1-4-6-7-8-9-10-11-12-13-14-15-16-17-18-21-35-25-24(37-38(32,33)34-3)22(5-2)36-26(25)30-20-19-23(28)29-27(30)31/h19-20,22,24-26H,4-18,21H2,1-3H3,(H,32,33)(H2,28,29,31)/p-1/t22-,24?,25?,26-/m1/s1. The lowest BCUT2D eigenvalue weighted by Crippen LogP contribution is -2.39. The molecule has 1 aliphatic heterocycles. The van der Waals surface area contributed by atoms with Crippen molar-refractivity contribution in [3.05, 3.63) is 22.7 Å². The van der Waals surface area contributed by atoms with Gasteiger partial charge >= 0.3 is 5.69 Å². The van der Waals surface area contributed by atoms with E-state index < -0.39 is 38.1 Å². The molecule has 0 aliphatic carbocycles. The van der Waals surface area contributed by atoms with Gasteiger partial charge in [0.2, 0.25) is 0 Å². The summed E-state index contributed by atoms with van der Waals surface area (Å²) in [7, 11) is -3.51. The summed E-state index contributed by atoms with van der Waals surface area (Å²) in [5, 5.41) is 0. The van der Waals surface area contributed by atoms with Crippen molar-refractivity contribution in [1.29, 1.82) is 0 Å². The number of aromatic nitrogens is 2. The first-order valence-corrected chi connectivity index (χ1v) is 16.0. The molecular formula is C27H49N3O7P-. The number of hydrogen-bond acceptors (Lipinski definition) is 9. The minimum atomic E-state index is -4.56. The van der Waals surface area contributed by atoms with Crippen molar-refractivity contribution >= 4 is 13.6 Å². The molecular weight excluding hydrogens is 509 g/mol. The summed E-state index contributed by atoms with van der Waals surface area (Å²) in [6.45, 7) is 4.50. The molecule has 10 nitrogen and oxygen atoms in total. The molecule has 1 aromatic rings. The summed E-state index contributed by atoms with van der Waals surface area (Å²) in [6.07, 6.45) is 16.2. The second-order valence-corrected chi connectivity index (χ2v) is 11.6. The van der Waals surface area contributed by atoms with Crippen molar-refractivity contribution in [2.45, 2.75) is 135 Å². The van der Waals surface area contributed by atoms with Crippen LogP contribution in [0.5, 0.6) is 0 Å². The van der Waals surface area contributed by atoms with Crippen LogP contribution < -0.4 is 16.3 Å². The Hall–Kier alpha value is -1.29. The van der Waals surface area contributed by atoms with Crippen LogP contribution in [0.3, 0.4) is 0 Å². The molecule has 5 atom stereocenters. The zero-order valence-corrected chi connectivity index (χ0v) is 24.4. The summed E-state index contributed by atoms with van der Waals surface area (Å²) in [6, 6.07) is 1.48. The van der Waals surface area contributed by atoms with E-state index in [9.17, 15) is 14.3 Å². The minimum absolute atomic E-state index is 0.0902. The number of nitrogen functional groups attached to an aromatic ring is 1. The predicted octanol–water partition coefficient (Wildman–Crippen LogP) is 5.50. The molecule has 1 aromatic heterocycles. The Labute approximate surface area is 228 Å². The Bertz CT molecular complexity index is 884. The van der Waals surface area contributed by atoms with Crippen LogP contribution in [0.15, 0.2) is 17.1 Å². The maximum Gasteiger partial charge on any atom is 0.351 e. The van der Waals surface area contributed by atoms with Crippen molar-refractivity contribution in [1.82, 2.24) is 9.55 Å². The number of phosphoric acid groups is 1. The van der Waals surface area contributed by atoms with Gasteiger partial charge in [0.05, 0.1) is 6.10 Å². The van der Waals surface area contributed by atoms with E-state index >= 15 is 0 Å². The Balaban J connectivity index is 1.78. The summed E-state index contributed by atoms with van der Waals surface area (Å²) < 4.78 is 35.3. The molecule has 0 aromatic carbocycles. The molecule has 0 saturated carbocycles. The Kier molecular flexibility index (Phi) is 15.7. The maximum atomic E-state index is 12.5. The first kappa shape index (κ1) is 32.9. The molecule has 1 fully saturated rings. The van der Waals surface area contributed by atoms with Crippen LogP contribution in [0.4, 0.5) is 5.82 Å². The molecule has 1 saturated heterocycles. The molecule has 0 bridgehead atoms. The van der Waals surface area contributed by atoms with Gasteiger partial charge in [0, 0.05) is 19.9 Å². The van der Waals surface area contributed by atoms with Crippen LogP contribution in [0.2, 0.25) is 0 Å². The zero-order valence-electron chi connectivity index (χ0n) is 23.6. The van der Waals surface area contributed by atoms with Gasteiger partial charge in [0.1, 0.15) is 18.0 Å². The lowest BCUT2D eigenvalue weighted by atomic mass is 10.0. The normalized spacial score (nSPS) is 23.1. The molecule has 2 N–H and O–H groups in total. The Morgan fingerprint density at radius 2 is 1.53 bits per heavy atom. The van der Waals surface area contributed by atoms with E-state index in [1.165, 1.54) is 87.5 Å². The van der Waals surface area contributed by atoms with Crippen molar-refractivity contribution in [3.8, 4) is 0 Å². The van der Waals surface area contributed by atoms with Gasteiger partial charge in [-0.2, -0.15) is 4.98 Å². The Morgan fingerprint density at radius 3 is 2.03 bits per heavy atom. The number of phosphoric ester groups is 1. The van der Waals surface area contributed by atoms with E-state index in [4.69, 9.17) is 19.7 Å². The van der Waals surface area contributed by atoms with Crippen molar-refractivity contribution < 1.29 is 28.0 Å². The van der Waals surface area contributed by atoms with Gasteiger partial charge in [-0.25, -0.2) is 4.79 Å². The number of unbranched alkanes of at least 4 members (excludes halogenated alkanes) is 13. The summed E-state index contributed by atoms with van der Waals surface area (Å²) >= 11 is 0. The van der Waals surface area contributed by atoms with E-state index in [0.717, 1.165) is 26.4 Å². The van der Waals surface area contributed by atoms with Crippen LogP contribution in [0.1, 0.15) is 116 Å². The smallest absolute Gasteiger partial charge is 0.351 e. The number of nitrogens with two attached hydrogens (primary N) is 1. The molecule has 0 radical (unpaired) electrons. The van der Waals surface area contributed by atoms with Gasteiger partial charge in [0.15, 0.2) is 6.23 Å². The van der Waals surface area contributed by atoms with E-state index in [-0.39, 0.29) is 5.82 Å². The van der Waals surface area contributed by atoms with Crippen LogP contribution in [-0.2, 0) is 23.1 Å². The monoisotopic (exact) mass is 558 g/mol. The second kappa shape index (κ2) is 18.1. The van der Waals surface area contributed by atoms with E-state index in [1.807, 2.05) is 6.92 Å². The molecule has 2 rings (SSSR count). The zero-order chi connectivity index (χ0) is 27.8. The fraction of sp³-hybridized carbons (Fsp3) is 0.852. The fourth-order valence-corrected chi connectivity index (χ4v) is 5.53. The predicted molar refractivity (Wildman–Crippen MR) is 147 cm³/mol. The first-order valence-electron chi connectivity index (χ1n) is 14.5. The highest BCUT2D eigenvalue weighted by Crippen LogP contribution is 2.45. The topological polar surface area (TPSA) is 138 Å². The third-order valence-electron chi connectivity index (χ3n) is 7.10. The highest BCUT2D eigenvalue weighted by atomic mass is 31.2.